The number of fused-ring (bicyclic) bond motifs is 1. The second kappa shape index (κ2) is 12.0. The molecule has 1 saturated heterocycles. The molecular weight excluding hydrogens is 515 g/mol. The summed E-state index contributed by atoms with van der Waals surface area (Å²) in [6, 6.07) is 2.48. The molecule has 0 bridgehead atoms. The number of likely N-dealkylation sites (N-methyl/N-ethyl adjacent to an activating group) is 1. The Bertz CT molecular complexity index is 1160. The highest BCUT2D eigenvalue weighted by molar-refractivity contribution is 7.81. The van der Waals surface area contributed by atoms with E-state index in [1.54, 1.807) is 31.0 Å². The lowest BCUT2D eigenvalue weighted by atomic mass is 9.83. The molecule has 4 rings (SSSR count). The normalized spacial score (nSPS) is 23.4. The van der Waals surface area contributed by atoms with Gasteiger partial charge in [0.05, 0.1) is 12.1 Å². The van der Waals surface area contributed by atoms with Gasteiger partial charge in [-0.25, -0.2) is 0 Å². The highest BCUT2D eigenvalue weighted by atomic mass is 32.3. The van der Waals surface area contributed by atoms with Gasteiger partial charge in [-0.15, -0.1) is 0 Å². The largest absolute Gasteiger partial charge is 0.488 e. The Kier molecular flexibility index (Phi) is 8.92. The fourth-order valence-electron chi connectivity index (χ4n) is 5.96. The van der Waals surface area contributed by atoms with Gasteiger partial charge in [0.1, 0.15) is 17.8 Å². The van der Waals surface area contributed by atoms with Gasteiger partial charge >= 0.3 is 10.5 Å². The van der Waals surface area contributed by atoms with Crippen LogP contribution in [0.1, 0.15) is 75.5 Å². The van der Waals surface area contributed by atoms with Crippen LogP contribution in [0.15, 0.2) is 18.2 Å². The highest BCUT2D eigenvalue weighted by Crippen LogP contribution is 2.38. The van der Waals surface area contributed by atoms with Crippen LogP contribution >= 0.6 is 0 Å². The molecule has 1 aromatic rings. The molecule has 3 amide bonds. The Hall–Kier alpha value is -2.73. The summed E-state index contributed by atoms with van der Waals surface area (Å²) in [5, 5.41) is 8.89. The Morgan fingerprint density at radius 3 is 2.50 bits per heavy atom. The van der Waals surface area contributed by atoms with Crippen molar-refractivity contribution in [1.82, 2.24) is 20.9 Å². The number of hydrogen-bond acceptors (Lipinski definition) is 7. The lowest BCUT2D eigenvalue weighted by molar-refractivity contribution is -0.143. The summed E-state index contributed by atoms with van der Waals surface area (Å²) in [6.07, 6.45) is 6.93. The summed E-state index contributed by atoms with van der Waals surface area (Å²) in [5.41, 5.74) is 1.21. The van der Waals surface area contributed by atoms with Crippen molar-refractivity contribution >= 4 is 28.2 Å². The molecule has 1 heterocycles. The summed E-state index contributed by atoms with van der Waals surface area (Å²) in [7, 11) is -3.48. The number of hydrogen-bond donors (Lipinski definition) is 3. The molecule has 10 nitrogen and oxygen atoms in total. The van der Waals surface area contributed by atoms with Crippen LogP contribution in [-0.4, -0.2) is 62.8 Å². The van der Waals surface area contributed by atoms with Crippen molar-refractivity contribution < 1.29 is 30.9 Å². The fourth-order valence-corrected chi connectivity index (χ4v) is 6.33. The second-order valence-corrected chi connectivity index (χ2v) is 11.4. The van der Waals surface area contributed by atoms with Crippen molar-refractivity contribution in [2.45, 2.75) is 88.9 Å². The molecule has 3 aliphatic rings. The molecule has 0 radical (unpaired) electrons. The Labute approximate surface area is 223 Å². The predicted molar refractivity (Wildman–Crippen MR) is 138 cm³/mol. The maximum atomic E-state index is 13.8. The van der Waals surface area contributed by atoms with E-state index in [-0.39, 0.29) is 29.4 Å². The van der Waals surface area contributed by atoms with Crippen molar-refractivity contribution in [2.24, 2.45) is 5.92 Å². The molecule has 1 aromatic carbocycles. The molecule has 2 aliphatic carbocycles. The topological polar surface area (TPSA) is 134 Å². The molecule has 0 aromatic heterocycles. The minimum absolute atomic E-state index is 0.0282. The van der Waals surface area contributed by atoms with E-state index in [0.717, 1.165) is 32.1 Å². The maximum absolute atomic E-state index is 13.8. The summed E-state index contributed by atoms with van der Waals surface area (Å²) in [6.45, 7) is 2.17. The van der Waals surface area contributed by atoms with Crippen LogP contribution in [0.25, 0.3) is 0 Å². The summed E-state index contributed by atoms with van der Waals surface area (Å²) < 4.78 is 39.6. The van der Waals surface area contributed by atoms with E-state index in [9.17, 15) is 26.7 Å². The van der Waals surface area contributed by atoms with Gasteiger partial charge < -0.3 is 25.0 Å². The summed E-state index contributed by atoms with van der Waals surface area (Å²) in [4.78, 5) is 41.6. The van der Waals surface area contributed by atoms with E-state index in [0.29, 0.717) is 43.4 Å². The molecule has 38 heavy (non-hydrogen) atoms. The maximum Gasteiger partial charge on any atom is 0.488 e. The van der Waals surface area contributed by atoms with Crippen molar-refractivity contribution in [1.29, 1.82) is 0 Å². The molecule has 2 fully saturated rings. The van der Waals surface area contributed by atoms with E-state index < -0.39 is 34.7 Å². The zero-order valence-corrected chi connectivity index (χ0v) is 22.7. The SMILES string of the molecule is CN[C@@H](C)C(=O)N[C@H](C(=O)N1CCC[C@H]1C(=O)N[C@@H]1CCc2c(OS(=O)(=O)F)cccc21)C1CCCCC1. The molecule has 4 atom stereocenters. The smallest absolute Gasteiger partial charge is 0.358 e. The quantitative estimate of drug-likeness (QED) is 0.399. The zero-order chi connectivity index (χ0) is 27.4. The standard InChI is InChI=1S/C26H37FN4O6S/c1-16(28-2)24(32)30-23(17-8-4-3-5-9-17)26(34)31-15-7-11-21(31)25(33)29-20-14-13-19-18(20)10-6-12-22(19)37-38(27,35)36/h6,10,12,16-17,20-21,23,28H,3-5,7-9,11,13-15H2,1-2H3,(H,29,33)(H,30,32)/t16-,20+,21-,23-/m0/s1. The van der Waals surface area contributed by atoms with Crippen LogP contribution in [-0.2, 0) is 31.3 Å². The summed E-state index contributed by atoms with van der Waals surface area (Å²) >= 11 is 0. The third kappa shape index (κ3) is 6.45. The van der Waals surface area contributed by atoms with E-state index in [4.69, 9.17) is 0 Å². The number of likely N-dealkylation sites (tertiary alicyclic amines) is 1. The van der Waals surface area contributed by atoms with Crippen molar-refractivity contribution in [3.05, 3.63) is 29.3 Å². The second-order valence-electron chi connectivity index (χ2n) is 10.5. The van der Waals surface area contributed by atoms with Crippen LogP contribution in [0.5, 0.6) is 5.75 Å². The summed E-state index contributed by atoms with van der Waals surface area (Å²) in [5.74, 6) is -0.813. The van der Waals surface area contributed by atoms with Gasteiger partial charge in [0.2, 0.25) is 17.7 Å². The first-order valence-electron chi connectivity index (χ1n) is 13.4. The van der Waals surface area contributed by atoms with Crippen LogP contribution in [0.4, 0.5) is 3.89 Å². The molecule has 1 saturated carbocycles. The fraction of sp³-hybridized carbons (Fsp3) is 0.654. The van der Waals surface area contributed by atoms with Crippen LogP contribution in [0, 0.1) is 5.92 Å². The number of nitrogens with one attached hydrogen (secondary N) is 3. The van der Waals surface area contributed by atoms with Crippen LogP contribution in [0.2, 0.25) is 0 Å². The van der Waals surface area contributed by atoms with Crippen LogP contribution < -0.4 is 20.1 Å². The molecule has 0 spiro atoms. The first-order chi connectivity index (χ1) is 18.1. The number of rotatable bonds is 9. The van der Waals surface area contributed by atoms with E-state index in [1.807, 2.05) is 0 Å². The third-order valence-corrected chi connectivity index (χ3v) is 8.46. The molecular formula is C26H37FN4O6S. The molecule has 210 valence electrons. The van der Waals surface area contributed by atoms with Gasteiger partial charge in [-0.2, -0.15) is 8.42 Å². The van der Waals surface area contributed by atoms with Gasteiger partial charge in [-0.05, 0) is 70.0 Å². The highest BCUT2D eigenvalue weighted by Gasteiger charge is 2.42. The average molecular weight is 553 g/mol. The number of nitrogens with zero attached hydrogens (tertiary/aromatic N) is 1. The van der Waals surface area contributed by atoms with E-state index >= 15 is 0 Å². The molecule has 12 heteroatoms. The van der Waals surface area contributed by atoms with Gasteiger partial charge in [0.25, 0.3) is 0 Å². The lowest BCUT2D eigenvalue weighted by Crippen LogP contribution is -2.58. The number of amides is 3. The third-order valence-electron chi connectivity index (χ3n) is 8.08. The van der Waals surface area contributed by atoms with Gasteiger partial charge in [-0.3, -0.25) is 14.4 Å². The Morgan fingerprint density at radius 1 is 1.08 bits per heavy atom. The number of benzene rings is 1. The van der Waals surface area contributed by atoms with E-state index in [2.05, 4.69) is 20.1 Å². The van der Waals surface area contributed by atoms with E-state index in [1.165, 1.54) is 6.07 Å². The van der Waals surface area contributed by atoms with Gasteiger partial charge in [0.15, 0.2) is 0 Å². The predicted octanol–water partition coefficient (Wildman–Crippen LogP) is 2.05. The Morgan fingerprint density at radius 2 is 1.82 bits per heavy atom. The Balaban J connectivity index is 1.48. The lowest BCUT2D eigenvalue weighted by Gasteiger charge is -2.35. The molecule has 3 N–H and O–H groups in total. The molecule has 1 aliphatic heterocycles. The average Bonchev–Trinajstić information content (AvgIpc) is 3.54. The van der Waals surface area contributed by atoms with Gasteiger partial charge in [0, 0.05) is 12.1 Å². The van der Waals surface area contributed by atoms with Crippen molar-refractivity contribution in [3.63, 3.8) is 0 Å². The monoisotopic (exact) mass is 552 g/mol. The first-order valence-corrected chi connectivity index (χ1v) is 14.7. The van der Waals surface area contributed by atoms with Crippen molar-refractivity contribution in [3.8, 4) is 5.75 Å². The number of halogens is 1. The van der Waals surface area contributed by atoms with Gasteiger partial charge in [-0.1, -0.05) is 35.3 Å². The van der Waals surface area contributed by atoms with Crippen LogP contribution in [0.3, 0.4) is 0 Å². The number of carbonyl (C=O) groups is 3. The number of carbonyl (C=O) groups excluding carboxylic acids is 3. The first kappa shape index (κ1) is 28.3. The van der Waals surface area contributed by atoms with Crippen molar-refractivity contribution in [2.75, 3.05) is 13.6 Å². The minimum Gasteiger partial charge on any atom is -0.358 e. The zero-order valence-electron chi connectivity index (χ0n) is 21.9. The minimum atomic E-state index is -5.17. The molecule has 0 unspecified atom stereocenters.